The second kappa shape index (κ2) is 8.43. The molecule has 0 radical (unpaired) electrons. The van der Waals surface area contributed by atoms with Crippen molar-refractivity contribution >= 4 is 5.91 Å². The van der Waals surface area contributed by atoms with Crippen molar-refractivity contribution in [1.29, 1.82) is 0 Å². The van der Waals surface area contributed by atoms with E-state index < -0.39 is 12.1 Å². The summed E-state index contributed by atoms with van der Waals surface area (Å²) in [6.07, 6.45) is -0.208. The molecular weight excluding hydrogens is 349 g/mol. The van der Waals surface area contributed by atoms with Crippen LogP contribution in [-0.4, -0.2) is 60.8 Å². The normalized spacial score (nSPS) is 24.4. The molecule has 1 aromatic heterocycles. The molecule has 2 saturated heterocycles. The molecule has 1 amide bonds. The van der Waals surface area contributed by atoms with Gasteiger partial charge in [0.2, 0.25) is 5.91 Å². The van der Waals surface area contributed by atoms with Crippen LogP contribution in [0.1, 0.15) is 31.4 Å². The topological polar surface area (TPSA) is 45.9 Å². The Bertz CT molecular complexity index is 571. The lowest BCUT2D eigenvalue weighted by atomic mass is 9.97. The van der Waals surface area contributed by atoms with Crippen LogP contribution in [-0.2, 0) is 16.1 Å². The molecule has 0 spiro atoms. The van der Waals surface area contributed by atoms with E-state index in [1.54, 1.807) is 12.3 Å². The van der Waals surface area contributed by atoms with Gasteiger partial charge < -0.3 is 14.1 Å². The Kier molecular flexibility index (Phi) is 6.24. The zero-order chi connectivity index (χ0) is 18.6. The van der Waals surface area contributed by atoms with Gasteiger partial charge in [0.25, 0.3) is 0 Å². The molecule has 0 aromatic carbocycles. The van der Waals surface area contributed by atoms with Crippen molar-refractivity contribution < 1.29 is 27.1 Å². The van der Waals surface area contributed by atoms with E-state index in [2.05, 4.69) is 0 Å². The van der Waals surface area contributed by atoms with Gasteiger partial charge in [0, 0.05) is 26.2 Å². The van der Waals surface area contributed by atoms with Crippen molar-refractivity contribution in [3.05, 3.63) is 24.2 Å². The highest BCUT2D eigenvalue weighted by Crippen LogP contribution is 2.33. The second-order valence-corrected chi connectivity index (χ2v) is 7.10. The summed E-state index contributed by atoms with van der Waals surface area (Å²) in [4.78, 5) is 15.9. The highest BCUT2D eigenvalue weighted by molar-refractivity contribution is 5.78. The van der Waals surface area contributed by atoms with E-state index in [9.17, 15) is 18.0 Å². The summed E-state index contributed by atoms with van der Waals surface area (Å²) in [5.41, 5.74) is 0. The zero-order valence-corrected chi connectivity index (χ0v) is 14.7. The highest BCUT2D eigenvalue weighted by Gasteiger charge is 2.42. The summed E-state index contributed by atoms with van der Waals surface area (Å²) in [6.45, 7) is 1.95. The van der Waals surface area contributed by atoms with Crippen LogP contribution in [0.3, 0.4) is 0 Å². The van der Waals surface area contributed by atoms with E-state index >= 15 is 0 Å². The zero-order valence-electron chi connectivity index (χ0n) is 14.7. The van der Waals surface area contributed by atoms with Gasteiger partial charge in [-0.1, -0.05) is 0 Å². The van der Waals surface area contributed by atoms with Crippen LogP contribution >= 0.6 is 0 Å². The molecular formula is C18H25F3N2O3. The van der Waals surface area contributed by atoms with Gasteiger partial charge in [-0.2, -0.15) is 13.2 Å². The molecule has 1 aromatic rings. The average molecular weight is 374 g/mol. The number of amides is 1. The largest absolute Gasteiger partial charge is 0.468 e. The van der Waals surface area contributed by atoms with Gasteiger partial charge in [-0.25, -0.2) is 0 Å². The first kappa shape index (κ1) is 19.2. The number of ether oxygens (including phenoxy) is 1. The van der Waals surface area contributed by atoms with Crippen LogP contribution < -0.4 is 0 Å². The molecule has 2 atom stereocenters. The fourth-order valence-corrected chi connectivity index (χ4v) is 3.65. The summed E-state index contributed by atoms with van der Waals surface area (Å²) in [5.74, 6) is -0.956. The van der Waals surface area contributed by atoms with E-state index in [4.69, 9.17) is 9.15 Å². The standard InChI is InChI=1S/C18H25F3N2O3/c19-18(20,21)14-4-1-7-23(10-14)17(24)13-22(11-15-5-2-8-25-15)12-16-6-3-9-26-16/h2,5,8,14,16H,1,3-4,6-7,9-13H2. The Balaban J connectivity index is 1.60. The molecule has 3 heterocycles. The van der Waals surface area contributed by atoms with Crippen LogP contribution in [0.15, 0.2) is 22.8 Å². The molecule has 0 bridgehead atoms. The Morgan fingerprint density at radius 3 is 2.81 bits per heavy atom. The molecule has 26 heavy (non-hydrogen) atoms. The van der Waals surface area contributed by atoms with Crippen molar-refractivity contribution in [2.24, 2.45) is 5.92 Å². The fourth-order valence-electron chi connectivity index (χ4n) is 3.65. The van der Waals surface area contributed by atoms with Crippen LogP contribution in [0.25, 0.3) is 0 Å². The number of halogens is 3. The predicted molar refractivity (Wildman–Crippen MR) is 88.3 cm³/mol. The first-order valence-electron chi connectivity index (χ1n) is 9.12. The van der Waals surface area contributed by atoms with Gasteiger partial charge in [-0.15, -0.1) is 0 Å². The number of rotatable bonds is 6. The minimum absolute atomic E-state index is 0.0574. The molecule has 2 aliphatic rings. The van der Waals surface area contributed by atoms with Gasteiger partial charge in [-0.05, 0) is 37.8 Å². The highest BCUT2D eigenvalue weighted by atomic mass is 19.4. The number of carbonyl (C=O) groups is 1. The van der Waals surface area contributed by atoms with Gasteiger partial charge in [0.05, 0.1) is 31.4 Å². The Labute approximate surface area is 151 Å². The molecule has 0 aliphatic carbocycles. The van der Waals surface area contributed by atoms with E-state index in [1.165, 1.54) is 4.90 Å². The maximum absolute atomic E-state index is 13.0. The minimum Gasteiger partial charge on any atom is -0.468 e. The molecule has 2 fully saturated rings. The Morgan fingerprint density at radius 2 is 2.15 bits per heavy atom. The number of likely N-dealkylation sites (tertiary alicyclic amines) is 1. The van der Waals surface area contributed by atoms with Crippen LogP contribution in [0.4, 0.5) is 13.2 Å². The van der Waals surface area contributed by atoms with Gasteiger partial charge in [0.1, 0.15) is 5.76 Å². The van der Waals surface area contributed by atoms with E-state index in [1.807, 2.05) is 11.0 Å². The maximum Gasteiger partial charge on any atom is 0.393 e. The molecule has 0 N–H and O–H groups in total. The van der Waals surface area contributed by atoms with Gasteiger partial charge in [0.15, 0.2) is 0 Å². The maximum atomic E-state index is 13.0. The van der Waals surface area contributed by atoms with Crippen molar-refractivity contribution in [3.8, 4) is 0 Å². The number of carbonyl (C=O) groups excluding carboxylic acids is 1. The van der Waals surface area contributed by atoms with Crippen molar-refractivity contribution in [2.45, 2.75) is 44.5 Å². The lowest BCUT2D eigenvalue weighted by Crippen LogP contribution is -2.48. The molecule has 8 heteroatoms. The minimum atomic E-state index is -4.25. The van der Waals surface area contributed by atoms with Crippen molar-refractivity contribution in [3.63, 3.8) is 0 Å². The fraction of sp³-hybridized carbons (Fsp3) is 0.722. The van der Waals surface area contributed by atoms with E-state index in [0.717, 1.165) is 18.6 Å². The molecule has 5 nitrogen and oxygen atoms in total. The number of nitrogens with zero attached hydrogens (tertiary/aromatic N) is 2. The predicted octanol–water partition coefficient (Wildman–Crippen LogP) is 3.06. The van der Waals surface area contributed by atoms with Crippen molar-refractivity contribution in [2.75, 3.05) is 32.8 Å². The number of piperidine rings is 1. The molecule has 146 valence electrons. The molecule has 2 aliphatic heterocycles. The third kappa shape index (κ3) is 5.23. The lowest BCUT2D eigenvalue weighted by molar-refractivity contribution is -0.188. The Hall–Kier alpha value is -1.54. The quantitative estimate of drug-likeness (QED) is 0.768. The first-order chi connectivity index (χ1) is 12.4. The molecule has 0 saturated carbocycles. The SMILES string of the molecule is O=C(CN(Cc1ccco1)CC1CCCO1)N1CCCC(C(F)(F)F)C1. The number of hydrogen-bond donors (Lipinski definition) is 0. The smallest absolute Gasteiger partial charge is 0.393 e. The summed E-state index contributed by atoms with van der Waals surface area (Å²) >= 11 is 0. The van der Waals surface area contributed by atoms with Crippen LogP contribution in [0.5, 0.6) is 0 Å². The number of hydrogen-bond acceptors (Lipinski definition) is 4. The van der Waals surface area contributed by atoms with E-state index in [-0.39, 0.29) is 31.5 Å². The summed E-state index contributed by atoms with van der Waals surface area (Å²) in [5, 5.41) is 0. The van der Waals surface area contributed by atoms with Crippen molar-refractivity contribution in [1.82, 2.24) is 9.80 Å². The second-order valence-electron chi connectivity index (χ2n) is 7.10. The monoisotopic (exact) mass is 374 g/mol. The molecule has 2 unspecified atom stereocenters. The van der Waals surface area contributed by atoms with Gasteiger partial charge >= 0.3 is 6.18 Å². The van der Waals surface area contributed by atoms with Crippen LogP contribution in [0.2, 0.25) is 0 Å². The van der Waals surface area contributed by atoms with Crippen LogP contribution in [0, 0.1) is 5.92 Å². The first-order valence-corrected chi connectivity index (χ1v) is 9.12. The third-order valence-corrected chi connectivity index (χ3v) is 5.04. The number of alkyl halides is 3. The summed E-state index contributed by atoms with van der Waals surface area (Å²) in [6, 6.07) is 3.60. The van der Waals surface area contributed by atoms with Gasteiger partial charge in [-0.3, -0.25) is 9.69 Å². The van der Waals surface area contributed by atoms with E-state index in [0.29, 0.717) is 32.7 Å². The molecule has 3 rings (SSSR count). The average Bonchev–Trinajstić information content (AvgIpc) is 3.28. The summed E-state index contributed by atoms with van der Waals surface area (Å²) in [7, 11) is 0. The lowest BCUT2D eigenvalue weighted by Gasteiger charge is -2.35. The summed E-state index contributed by atoms with van der Waals surface area (Å²) < 4.78 is 50.0. The third-order valence-electron chi connectivity index (χ3n) is 5.04. The number of furan rings is 1. The Morgan fingerprint density at radius 1 is 1.31 bits per heavy atom.